The van der Waals surface area contributed by atoms with Crippen LogP contribution in [-0.4, -0.2) is 37.7 Å². The van der Waals surface area contributed by atoms with Gasteiger partial charge in [0.15, 0.2) is 5.78 Å². The zero-order valence-corrected chi connectivity index (χ0v) is 14.8. The molecule has 0 heterocycles. The van der Waals surface area contributed by atoms with E-state index in [0.29, 0.717) is 16.9 Å². The molecule has 0 aliphatic heterocycles. The molecule has 2 aromatic carbocycles. The largest absolute Gasteiger partial charge is 0.507 e. The minimum atomic E-state index is -0.441. The molecule has 0 aliphatic rings. The van der Waals surface area contributed by atoms with E-state index in [1.54, 1.807) is 37.3 Å². The van der Waals surface area contributed by atoms with Crippen molar-refractivity contribution < 1.29 is 28.9 Å². The van der Waals surface area contributed by atoms with Gasteiger partial charge in [-0.25, -0.2) is 4.79 Å². The number of methoxy groups -OCH3 is 2. The van der Waals surface area contributed by atoms with Gasteiger partial charge in [0.2, 0.25) is 0 Å². The Morgan fingerprint density at radius 3 is 2.54 bits per heavy atom. The maximum atomic E-state index is 12.5. The molecule has 6 heteroatoms. The Morgan fingerprint density at radius 2 is 1.88 bits per heavy atom. The number of carbonyl (C=O) groups excluding carboxylic acids is 2. The maximum Gasteiger partial charge on any atom is 0.338 e. The van der Waals surface area contributed by atoms with Gasteiger partial charge in [0, 0.05) is 12.1 Å². The summed E-state index contributed by atoms with van der Waals surface area (Å²) in [6.07, 6.45) is 2.85. The fraction of sp³-hybridized carbons (Fsp3) is 0.200. The van der Waals surface area contributed by atoms with Crippen molar-refractivity contribution in [2.24, 2.45) is 0 Å². The fourth-order valence-electron chi connectivity index (χ4n) is 2.34. The normalized spacial score (nSPS) is 10.6. The Bertz CT molecular complexity index is 838. The van der Waals surface area contributed by atoms with Gasteiger partial charge in [0.25, 0.3) is 0 Å². The van der Waals surface area contributed by atoms with Crippen molar-refractivity contribution in [1.82, 2.24) is 0 Å². The summed E-state index contributed by atoms with van der Waals surface area (Å²) in [5.41, 5.74) is 1.08. The van der Waals surface area contributed by atoms with Crippen LogP contribution in [0.25, 0.3) is 6.08 Å². The molecule has 0 atom stereocenters. The molecule has 0 spiro atoms. The van der Waals surface area contributed by atoms with Gasteiger partial charge in [0.1, 0.15) is 22.8 Å². The van der Waals surface area contributed by atoms with Crippen LogP contribution in [-0.2, 0) is 4.74 Å². The average Bonchev–Trinajstić information content (AvgIpc) is 2.65. The van der Waals surface area contributed by atoms with E-state index in [9.17, 15) is 14.7 Å². The van der Waals surface area contributed by atoms with Crippen molar-refractivity contribution >= 4 is 17.8 Å². The lowest BCUT2D eigenvalue weighted by Crippen LogP contribution is -2.04. The second-order valence-electron chi connectivity index (χ2n) is 5.27. The standard InChI is InChI=1S/C20H20O6/c1-4-26-20(23)14-7-5-6-13(10-14)8-9-16(21)19-17(22)11-15(24-2)12-18(19)25-3/h5-12,22H,4H2,1-3H3/b9-8+. The Kier molecular flexibility index (Phi) is 6.38. The molecule has 26 heavy (non-hydrogen) atoms. The van der Waals surface area contributed by atoms with Gasteiger partial charge in [-0.3, -0.25) is 4.79 Å². The van der Waals surface area contributed by atoms with E-state index < -0.39 is 11.8 Å². The highest BCUT2D eigenvalue weighted by molar-refractivity contribution is 6.10. The summed E-state index contributed by atoms with van der Waals surface area (Å²) in [5.74, 6) is -0.526. The molecule has 6 nitrogen and oxygen atoms in total. The van der Waals surface area contributed by atoms with Crippen molar-refractivity contribution in [2.75, 3.05) is 20.8 Å². The lowest BCUT2D eigenvalue weighted by atomic mass is 10.1. The predicted molar refractivity (Wildman–Crippen MR) is 97.0 cm³/mol. The Balaban J connectivity index is 2.28. The molecule has 0 fully saturated rings. The van der Waals surface area contributed by atoms with Crippen molar-refractivity contribution in [2.45, 2.75) is 6.92 Å². The number of benzene rings is 2. The average molecular weight is 356 g/mol. The van der Waals surface area contributed by atoms with Crippen LogP contribution in [0.5, 0.6) is 17.2 Å². The smallest absolute Gasteiger partial charge is 0.338 e. The van der Waals surface area contributed by atoms with E-state index in [1.165, 1.54) is 32.4 Å². The molecule has 0 aromatic heterocycles. The van der Waals surface area contributed by atoms with Crippen LogP contribution >= 0.6 is 0 Å². The van der Waals surface area contributed by atoms with Crippen LogP contribution in [0.15, 0.2) is 42.5 Å². The van der Waals surface area contributed by atoms with Crippen LogP contribution in [0.1, 0.15) is 33.2 Å². The van der Waals surface area contributed by atoms with Gasteiger partial charge in [-0.1, -0.05) is 18.2 Å². The summed E-state index contributed by atoms with van der Waals surface area (Å²) < 4.78 is 15.2. The first-order valence-corrected chi connectivity index (χ1v) is 7.94. The number of ketones is 1. The number of allylic oxidation sites excluding steroid dienone is 1. The van der Waals surface area contributed by atoms with E-state index in [-0.39, 0.29) is 23.7 Å². The van der Waals surface area contributed by atoms with Gasteiger partial charge in [-0.05, 0) is 30.7 Å². The molecule has 0 bridgehead atoms. The summed E-state index contributed by atoms with van der Waals surface area (Å²) in [4.78, 5) is 24.3. The highest BCUT2D eigenvalue weighted by Crippen LogP contribution is 2.33. The molecule has 0 radical (unpaired) electrons. The molecule has 136 valence electrons. The van der Waals surface area contributed by atoms with Crippen LogP contribution in [0, 0.1) is 0 Å². The lowest BCUT2D eigenvalue weighted by molar-refractivity contribution is 0.0526. The van der Waals surface area contributed by atoms with Crippen molar-refractivity contribution in [3.8, 4) is 17.2 Å². The van der Waals surface area contributed by atoms with E-state index in [1.807, 2.05) is 0 Å². The molecule has 0 amide bonds. The Hall–Kier alpha value is -3.28. The number of hydrogen-bond acceptors (Lipinski definition) is 6. The molecule has 2 rings (SSSR count). The SMILES string of the molecule is CCOC(=O)c1cccc(/C=C/C(=O)c2c(O)cc(OC)cc2OC)c1. The van der Waals surface area contributed by atoms with Crippen molar-refractivity contribution in [3.63, 3.8) is 0 Å². The second-order valence-corrected chi connectivity index (χ2v) is 5.27. The second kappa shape index (κ2) is 8.71. The molecule has 0 saturated heterocycles. The highest BCUT2D eigenvalue weighted by Gasteiger charge is 2.17. The quantitative estimate of drug-likeness (QED) is 0.465. The zero-order valence-electron chi connectivity index (χ0n) is 14.8. The number of rotatable bonds is 7. The number of carbonyl (C=O) groups is 2. The molecule has 2 aromatic rings. The summed E-state index contributed by atoms with van der Waals surface area (Å²) in [5, 5.41) is 10.1. The first-order valence-electron chi connectivity index (χ1n) is 7.94. The van der Waals surface area contributed by atoms with Crippen LogP contribution in [0.4, 0.5) is 0 Å². The first-order chi connectivity index (χ1) is 12.5. The van der Waals surface area contributed by atoms with Crippen molar-refractivity contribution in [1.29, 1.82) is 0 Å². The minimum absolute atomic E-state index is 0.0334. The third kappa shape index (κ3) is 4.42. The third-order valence-corrected chi connectivity index (χ3v) is 3.58. The van der Waals surface area contributed by atoms with Crippen LogP contribution < -0.4 is 9.47 Å². The molecule has 1 N–H and O–H groups in total. The number of phenolic OH excluding ortho intramolecular Hbond substituents is 1. The fourth-order valence-corrected chi connectivity index (χ4v) is 2.34. The predicted octanol–water partition coefficient (Wildman–Crippen LogP) is 3.48. The summed E-state index contributed by atoms with van der Waals surface area (Å²) in [6, 6.07) is 9.55. The van der Waals surface area contributed by atoms with E-state index in [4.69, 9.17) is 14.2 Å². The number of ether oxygens (including phenoxy) is 3. The Labute approximate surface area is 151 Å². The van der Waals surface area contributed by atoms with Gasteiger partial charge in [-0.2, -0.15) is 0 Å². The minimum Gasteiger partial charge on any atom is -0.507 e. The maximum absolute atomic E-state index is 12.5. The lowest BCUT2D eigenvalue weighted by Gasteiger charge is -2.10. The number of esters is 1. The molecule has 0 unspecified atom stereocenters. The zero-order chi connectivity index (χ0) is 19.1. The van der Waals surface area contributed by atoms with Crippen molar-refractivity contribution in [3.05, 3.63) is 59.2 Å². The highest BCUT2D eigenvalue weighted by atomic mass is 16.5. The first kappa shape index (κ1) is 19.1. The summed E-state index contributed by atoms with van der Waals surface area (Å²) in [7, 11) is 2.85. The summed E-state index contributed by atoms with van der Waals surface area (Å²) in [6.45, 7) is 2.02. The van der Waals surface area contributed by atoms with Crippen LogP contribution in [0.3, 0.4) is 0 Å². The summed E-state index contributed by atoms with van der Waals surface area (Å²) >= 11 is 0. The van der Waals surface area contributed by atoms with E-state index in [2.05, 4.69) is 0 Å². The topological polar surface area (TPSA) is 82.1 Å². The number of aromatic hydroxyl groups is 1. The number of phenols is 1. The Morgan fingerprint density at radius 1 is 1.12 bits per heavy atom. The third-order valence-electron chi connectivity index (χ3n) is 3.58. The monoisotopic (exact) mass is 356 g/mol. The van der Waals surface area contributed by atoms with Crippen LogP contribution in [0.2, 0.25) is 0 Å². The molecule has 0 aliphatic carbocycles. The van der Waals surface area contributed by atoms with Gasteiger partial charge in [0.05, 0.1) is 26.4 Å². The molecular weight excluding hydrogens is 336 g/mol. The van der Waals surface area contributed by atoms with E-state index >= 15 is 0 Å². The molecular formula is C20H20O6. The van der Waals surface area contributed by atoms with E-state index in [0.717, 1.165) is 0 Å². The molecule has 0 saturated carbocycles. The van der Waals surface area contributed by atoms with Gasteiger partial charge >= 0.3 is 5.97 Å². The van der Waals surface area contributed by atoms with Gasteiger partial charge in [-0.15, -0.1) is 0 Å². The van der Waals surface area contributed by atoms with Gasteiger partial charge < -0.3 is 19.3 Å². The number of hydrogen-bond donors (Lipinski definition) is 1.